The van der Waals surface area contributed by atoms with Crippen molar-refractivity contribution in [2.75, 3.05) is 32.7 Å². The molecule has 1 N–H and O–H groups in total. The maximum atomic E-state index is 11.9. The quantitative estimate of drug-likeness (QED) is 0.682. The average molecular weight is 396 g/mol. The summed E-state index contributed by atoms with van der Waals surface area (Å²) in [5.41, 5.74) is 0. The van der Waals surface area contributed by atoms with Gasteiger partial charge < -0.3 is 15.1 Å². The van der Waals surface area contributed by atoms with E-state index in [1.807, 2.05) is 9.80 Å². The maximum Gasteiger partial charge on any atom is 0.219 e. The highest BCUT2D eigenvalue weighted by molar-refractivity contribution is 5.75. The van der Waals surface area contributed by atoms with Crippen LogP contribution in [0.15, 0.2) is 0 Å². The van der Waals surface area contributed by atoms with Crippen LogP contribution in [0.4, 0.5) is 0 Å². The predicted octanol–water partition coefficient (Wildman–Crippen LogP) is 3.49. The molecule has 6 nitrogen and oxygen atoms in total. The van der Waals surface area contributed by atoms with Crippen LogP contribution >= 0.6 is 0 Å². The molecule has 162 valence electrons. The second-order valence-electron chi connectivity index (χ2n) is 8.00. The Balaban J connectivity index is 2.50. The lowest BCUT2D eigenvalue weighted by Gasteiger charge is -2.25. The Morgan fingerprint density at radius 3 is 1.61 bits per heavy atom. The van der Waals surface area contributed by atoms with Crippen LogP contribution < -0.4 is 5.32 Å². The minimum Gasteiger partial charge on any atom is -0.356 e. The van der Waals surface area contributed by atoms with Gasteiger partial charge in [-0.1, -0.05) is 44.9 Å². The Kier molecular flexibility index (Phi) is 13.4. The summed E-state index contributed by atoms with van der Waals surface area (Å²) >= 11 is 0. The molecule has 1 heterocycles. The molecule has 1 fully saturated rings. The average Bonchev–Trinajstić information content (AvgIpc) is 2.65. The molecule has 0 radical (unpaired) electrons. The first-order chi connectivity index (χ1) is 13.5. The van der Waals surface area contributed by atoms with Gasteiger partial charge in [0.25, 0.3) is 0 Å². The molecule has 3 amide bonds. The molecule has 0 aromatic carbocycles. The van der Waals surface area contributed by atoms with Gasteiger partial charge in [-0.15, -0.1) is 0 Å². The van der Waals surface area contributed by atoms with E-state index in [1.165, 1.54) is 38.5 Å². The van der Waals surface area contributed by atoms with E-state index >= 15 is 0 Å². The first kappa shape index (κ1) is 24.4. The van der Waals surface area contributed by atoms with Crippen molar-refractivity contribution in [3.63, 3.8) is 0 Å². The van der Waals surface area contributed by atoms with Gasteiger partial charge >= 0.3 is 0 Å². The molecule has 1 rings (SSSR count). The fourth-order valence-electron chi connectivity index (χ4n) is 3.72. The largest absolute Gasteiger partial charge is 0.356 e. The number of nitrogens with zero attached hydrogens (tertiary/aromatic N) is 2. The SMILES string of the molecule is CC(=O)N1CCCCCCCCCCCC(=O)NCCCN(C(C)=O)CCC1. The van der Waals surface area contributed by atoms with Crippen LogP contribution in [-0.4, -0.2) is 60.2 Å². The van der Waals surface area contributed by atoms with E-state index in [0.717, 1.165) is 38.6 Å². The molecule has 1 saturated heterocycles. The van der Waals surface area contributed by atoms with Gasteiger partial charge in [-0.2, -0.15) is 0 Å². The van der Waals surface area contributed by atoms with Gasteiger partial charge in [-0.3, -0.25) is 14.4 Å². The minimum atomic E-state index is 0.0547. The van der Waals surface area contributed by atoms with Crippen LogP contribution in [0.2, 0.25) is 0 Å². The molecule has 0 unspecified atom stereocenters. The van der Waals surface area contributed by atoms with Crippen LogP contribution in [0.25, 0.3) is 0 Å². The van der Waals surface area contributed by atoms with E-state index in [4.69, 9.17) is 0 Å². The van der Waals surface area contributed by atoms with Crippen LogP contribution in [-0.2, 0) is 14.4 Å². The van der Waals surface area contributed by atoms with Crippen molar-refractivity contribution < 1.29 is 14.4 Å². The number of carbonyl (C=O) groups excluding carboxylic acids is 3. The highest BCUT2D eigenvalue weighted by Gasteiger charge is 2.12. The molecule has 0 aromatic rings. The minimum absolute atomic E-state index is 0.0547. The Morgan fingerprint density at radius 1 is 0.643 bits per heavy atom. The monoisotopic (exact) mass is 395 g/mol. The van der Waals surface area contributed by atoms with Crippen LogP contribution in [0.5, 0.6) is 0 Å². The predicted molar refractivity (Wildman–Crippen MR) is 113 cm³/mol. The van der Waals surface area contributed by atoms with Gasteiger partial charge in [-0.05, 0) is 25.7 Å². The topological polar surface area (TPSA) is 69.7 Å². The molecular weight excluding hydrogens is 354 g/mol. The lowest BCUT2D eigenvalue weighted by Crippen LogP contribution is -2.36. The maximum absolute atomic E-state index is 11.9. The zero-order chi connectivity index (χ0) is 20.6. The molecule has 0 atom stereocenters. The summed E-state index contributed by atoms with van der Waals surface area (Å²) in [6.45, 7) is 6.66. The summed E-state index contributed by atoms with van der Waals surface area (Å²) in [6.07, 6.45) is 12.7. The first-order valence-electron chi connectivity index (χ1n) is 11.3. The molecular formula is C22H41N3O3. The van der Waals surface area contributed by atoms with Crippen molar-refractivity contribution in [3.8, 4) is 0 Å². The smallest absolute Gasteiger partial charge is 0.219 e. The summed E-state index contributed by atoms with van der Waals surface area (Å²) in [5.74, 6) is 0.298. The normalized spacial score (nSPS) is 20.7. The third-order valence-corrected chi connectivity index (χ3v) is 5.51. The highest BCUT2D eigenvalue weighted by Crippen LogP contribution is 2.11. The van der Waals surface area contributed by atoms with Crippen LogP contribution in [0.3, 0.4) is 0 Å². The van der Waals surface area contributed by atoms with Crippen molar-refractivity contribution >= 4 is 17.7 Å². The third kappa shape index (κ3) is 12.0. The lowest BCUT2D eigenvalue weighted by molar-refractivity contribution is -0.129. The van der Waals surface area contributed by atoms with E-state index in [1.54, 1.807) is 13.8 Å². The number of amides is 3. The van der Waals surface area contributed by atoms with Gasteiger partial charge in [-0.25, -0.2) is 0 Å². The molecule has 0 aliphatic carbocycles. The van der Waals surface area contributed by atoms with Crippen molar-refractivity contribution in [3.05, 3.63) is 0 Å². The van der Waals surface area contributed by atoms with Crippen molar-refractivity contribution in [2.45, 2.75) is 90.9 Å². The highest BCUT2D eigenvalue weighted by atomic mass is 16.2. The molecule has 0 spiro atoms. The van der Waals surface area contributed by atoms with Gasteiger partial charge in [0, 0.05) is 53.0 Å². The van der Waals surface area contributed by atoms with Crippen LogP contribution in [0.1, 0.15) is 90.9 Å². The molecule has 1 aliphatic heterocycles. The molecule has 6 heteroatoms. The van der Waals surface area contributed by atoms with E-state index in [9.17, 15) is 14.4 Å². The van der Waals surface area contributed by atoms with E-state index in [-0.39, 0.29) is 17.7 Å². The summed E-state index contributed by atoms with van der Waals surface area (Å²) in [6, 6.07) is 0. The second kappa shape index (κ2) is 15.3. The fraction of sp³-hybridized carbons (Fsp3) is 0.864. The zero-order valence-corrected chi connectivity index (χ0v) is 18.1. The number of rotatable bonds is 0. The van der Waals surface area contributed by atoms with E-state index < -0.39 is 0 Å². The van der Waals surface area contributed by atoms with Crippen molar-refractivity contribution in [2.24, 2.45) is 0 Å². The second-order valence-corrected chi connectivity index (χ2v) is 8.00. The zero-order valence-electron chi connectivity index (χ0n) is 18.1. The Labute approximate surface area is 171 Å². The summed E-state index contributed by atoms with van der Waals surface area (Å²) < 4.78 is 0. The Bertz CT molecular complexity index is 468. The van der Waals surface area contributed by atoms with Crippen molar-refractivity contribution in [1.82, 2.24) is 15.1 Å². The molecule has 0 saturated carbocycles. The third-order valence-electron chi connectivity index (χ3n) is 5.51. The molecule has 0 aromatic heterocycles. The Morgan fingerprint density at radius 2 is 1.07 bits per heavy atom. The fourth-order valence-corrected chi connectivity index (χ4v) is 3.72. The lowest BCUT2D eigenvalue weighted by atomic mass is 10.1. The number of carbonyl (C=O) groups is 3. The first-order valence-corrected chi connectivity index (χ1v) is 11.3. The van der Waals surface area contributed by atoms with E-state index in [0.29, 0.717) is 32.6 Å². The number of hydrogen-bond acceptors (Lipinski definition) is 3. The number of nitrogens with one attached hydrogen (secondary N) is 1. The molecule has 0 bridgehead atoms. The summed E-state index contributed by atoms with van der Waals surface area (Å²) in [4.78, 5) is 39.4. The molecule has 28 heavy (non-hydrogen) atoms. The van der Waals surface area contributed by atoms with E-state index in [2.05, 4.69) is 5.32 Å². The Hall–Kier alpha value is -1.59. The molecule has 1 aliphatic rings. The van der Waals surface area contributed by atoms with Gasteiger partial charge in [0.2, 0.25) is 17.7 Å². The van der Waals surface area contributed by atoms with Crippen LogP contribution in [0, 0.1) is 0 Å². The van der Waals surface area contributed by atoms with Crippen molar-refractivity contribution in [1.29, 1.82) is 0 Å². The van der Waals surface area contributed by atoms with Gasteiger partial charge in [0.05, 0.1) is 0 Å². The van der Waals surface area contributed by atoms with Gasteiger partial charge in [0.1, 0.15) is 0 Å². The standard InChI is InChI=1S/C22H41N3O3/c1-20(26)24-16-11-9-7-5-3-4-6-8-10-14-22(28)23-15-12-17-25(21(2)27)19-13-18-24/h3-19H2,1-2H3,(H,23,28). The van der Waals surface area contributed by atoms with Gasteiger partial charge in [0.15, 0.2) is 0 Å². The number of hydrogen-bond donors (Lipinski definition) is 1. The summed E-state index contributed by atoms with van der Waals surface area (Å²) in [5, 5.41) is 2.97. The summed E-state index contributed by atoms with van der Waals surface area (Å²) in [7, 11) is 0.